The van der Waals surface area contributed by atoms with Gasteiger partial charge in [0, 0.05) is 54.9 Å². The molecule has 2 aliphatic carbocycles. The van der Waals surface area contributed by atoms with Gasteiger partial charge in [-0.05, 0) is 78.0 Å². The Balaban J connectivity index is 1.03. The molecule has 2 aromatic rings. The van der Waals surface area contributed by atoms with Gasteiger partial charge in [0.25, 0.3) is 0 Å². The molecule has 46 heavy (non-hydrogen) atoms. The molecule has 8 nitrogen and oxygen atoms in total. The molecule has 242 valence electrons. The van der Waals surface area contributed by atoms with Crippen molar-refractivity contribution in [1.82, 2.24) is 4.90 Å². The van der Waals surface area contributed by atoms with E-state index in [0.29, 0.717) is 43.4 Å². The summed E-state index contributed by atoms with van der Waals surface area (Å²) in [6, 6.07) is 11.9. The normalized spacial score (nSPS) is 26.2. The lowest BCUT2D eigenvalue weighted by atomic mass is 9.57. The number of nitrogens with zero attached hydrogens (tertiary/aromatic N) is 3. The van der Waals surface area contributed by atoms with Crippen molar-refractivity contribution in [3.05, 3.63) is 81.7 Å². The molecule has 5 aliphatic rings. The molecule has 0 bridgehead atoms. The van der Waals surface area contributed by atoms with Crippen molar-refractivity contribution in [1.29, 1.82) is 0 Å². The lowest BCUT2D eigenvalue weighted by Gasteiger charge is -2.46. The van der Waals surface area contributed by atoms with Crippen LogP contribution in [0.15, 0.2) is 69.4 Å². The molecule has 8 heteroatoms. The lowest BCUT2D eigenvalue weighted by molar-refractivity contribution is -0.121. The first-order valence-electron chi connectivity index (χ1n) is 17.2. The van der Waals surface area contributed by atoms with Crippen LogP contribution in [0.25, 0.3) is 0 Å². The smallest absolute Gasteiger partial charge is 0.163 e. The number of hydrogen-bond donors (Lipinski definition) is 3. The first-order chi connectivity index (χ1) is 22.4. The van der Waals surface area contributed by atoms with Crippen molar-refractivity contribution in [2.45, 2.75) is 101 Å². The number of hydrogen-bond acceptors (Lipinski definition) is 8. The van der Waals surface area contributed by atoms with E-state index in [1.807, 2.05) is 12.1 Å². The van der Waals surface area contributed by atoms with Gasteiger partial charge in [-0.15, -0.1) is 0 Å². The second kappa shape index (κ2) is 12.8. The van der Waals surface area contributed by atoms with Crippen LogP contribution in [0.4, 0.5) is 0 Å². The molecule has 7 rings (SSSR count). The Morgan fingerprint density at radius 1 is 1.24 bits per heavy atom. The van der Waals surface area contributed by atoms with Gasteiger partial charge in [0.05, 0.1) is 11.8 Å². The summed E-state index contributed by atoms with van der Waals surface area (Å²) in [6.45, 7) is 3.11. The Hall–Kier alpha value is -3.75. The van der Waals surface area contributed by atoms with Crippen LogP contribution in [0, 0.1) is 5.92 Å². The maximum absolute atomic E-state index is 12.5. The molecule has 1 saturated carbocycles. The molecular weight excluding hydrogens is 576 g/mol. The fraction of sp³-hybridized carbons (Fsp3) is 0.500. The number of ketones is 1. The van der Waals surface area contributed by atoms with Crippen LogP contribution in [0.2, 0.25) is 0 Å². The number of nitrogens with two attached hydrogens (primary N) is 1. The number of phenols is 1. The number of Topliss-reactive ketones (excluding diaryl/α,β-unsaturated/α-hetero) is 1. The number of carbonyl (C=O) groups is 1. The summed E-state index contributed by atoms with van der Waals surface area (Å²) in [6.07, 6.45) is 14.9. The maximum Gasteiger partial charge on any atom is 0.163 e. The van der Waals surface area contributed by atoms with Gasteiger partial charge in [0.1, 0.15) is 11.9 Å². The van der Waals surface area contributed by atoms with Crippen molar-refractivity contribution < 1.29 is 19.7 Å². The van der Waals surface area contributed by atoms with Gasteiger partial charge in [0.2, 0.25) is 0 Å². The van der Waals surface area contributed by atoms with Gasteiger partial charge in [-0.25, -0.2) is 0 Å². The van der Waals surface area contributed by atoms with Crippen LogP contribution in [-0.2, 0) is 16.6 Å². The second-order valence-corrected chi connectivity index (χ2v) is 13.8. The topological polar surface area (TPSA) is 121 Å². The molecule has 0 radical (unpaired) electrons. The number of ether oxygens (including phenoxy) is 1. The van der Waals surface area contributed by atoms with Crippen molar-refractivity contribution in [3.63, 3.8) is 0 Å². The summed E-state index contributed by atoms with van der Waals surface area (Å²) in [5.41, 5.74) is 14.9. The first-order valence-corrected chi connectivity index (χ1v) is 17.2. The molecule has 2 aromatic carbocycles. The fourth-order valence-electron chi connectivity index (χ4n) is 8.69. The van der Waals surface area contributed by atoms with E-state index in [2.05, 4.69) is 53.6 Å². The quantitative estimate of drug-likeness (QED) is 0.224. The molecule has 3 heterocycles. The van der Waals surface area contributed by atoms with E-state index in [9.17, 15) is 15.0 Å². The molecular formula is C38H46N4O4. The minimum atomic E-state index is -0.563. The largest absolute Gasteiger partial charge is 0.504 e. The van der Waals surface area contributed by atoms with Gasteiger partial charge in [-0.3, -0.25) is 14.8 Å². The van der Waals surface area contributed by atoms with Crippen LogP contribution in [-0.4, -0.2) is 52.7 Å². The summed E-state index contributed by atoms with van der Waals surface area (Å²) >= 11 is 0. The standard InChI is InChI=1S/C38H46N4O4/c1-2-3-4-8-27(43)18-28(44)13-11-24-12-14-34(45)35(16-24)46-23-42-21-30-32(20-40-33(30)22-42)38-15-6-7-26(38)17-25-19-41-37(39)29-9-5-10-31(38)36(25)29/h5,9-10,12,14,16,19-20,22,25-27,37,43,45H,2-4,6-8,11,13,15,17-18,21,23,39H2,1H3/t25-,26-,27-,37+,38+/m1/s1. The number of aliphatic hydroxyl groups is 1. The molecule has 0 spiro atoms. The van der Waals surface area contributed by atoms with E-state index >= 15 is 0 Å². The number of aliphatic hydroxyl groups excluding tert-OH is 1. The van der Waals surface area contributed by atoms with Crippen LogP contribution in [0.3, 0.4) is 0 Å². The monoisotopic (exact) mass is 622 g/mol. The number of aromatic hydroxyl groups is 1. The highest BCUT2D eigenvalue weighted by Gasteiger charge is 2.54. The summed E-state index contributed by atoms with van der Waals surface area (Å²) in [4.78, 5) is 24.1. The molecule has 5 atom stereocenters. The fourth-order valence-corrected chi connectivity index (χ4v) is 8.69. The first kappa shape index (κ1) is 30.9. The number of aliphatic imine (C=N–C) groups is 2. The maximum atomic E-state index is 12.5. The van der Waals surface area contributed by atoms with Crippen LogP contribution >= 0.6 is 0 Å². The predicted octanol–water partition coefficient (Wildman–Crippen LogP) is 6.37. The van der Waals surface area contributed by atoms with Gasteiger partial charge in [0.15, 0.2) is 18.2 Å². The summed E-state index contributed by atoms with van der Waals surface area (Å²) in [5, 5.41) is 20.7. The van der Waals surface area contributed by atoms with Crippen LogP contribution in [0.5, 0.6) is 11.5 Å². The minimum Gasteiger partial charge on any atom is -0.504 e. The molecule has 0 unspecified atom stereocenters. The highest BCUT2D eigenvalue weighted by molar-refractivity contribution is 5.91. The molecule has 3 aliphatic heterocycles. The van der Waals surface area contributed by atoms with Gasteiger partial charge >= 0.3 is 0 Å². The number of rotatable bonds is 13. The minimum absolute atomic E-state index is 0.0591. The number of aryl methyl sites for hydroxylation is 1. The Labute approximate surface area is 271 Å². The lowest BCUT2D eigenvalue weighted by Crippen LogP contribution is -2.42. The SMILES string of the molecule is CCCCC[C@@H](O)CC(=O)CCc1ccc(O)c(OCN2C=C3N=CC([C@@]45CCC[C@@H]4C[C@@H]4C=N[C@H](N)c6cccc5c64)=C3C2)c1. The molecule has 0 amide bonds. The Bertz CT molecular complexity index is 1630. The van der Waals surface area contributed by atoms with E-state index in [1.165, 1.54) is 40.7 Å². The Morgan fingerprint density at radius 2 is 2.13 bits per heavy atom. The third-order valence-electron chi connectivity index (χ3n) is 10.9. The summed E-state index contributed by atoms with van der Waals surface area (Å²) in [7, 11) is 0. The average Bonchev–Trinajstić information content (AvgIpc) is 3.77. The van der Waals surface area contributed by atoms with Gasteiger partial charge in [-0.2, -0.15) is 0 Å². The third-order valence-corrected chi connectivity index (χ3v) is 10.9. The number of carbonyl (C=O) groups excluding carboxylic acids is 1. The zero-order chi connectivity index (χ0) is 31.8. The highest BCUT2D eigenvalue weighted by atomic mass is 16.5. The molecule has 1 fully saturated rings. The van der Waals surface area contributed by atoms with E-state index in [1.54, 1.807) is 6.07 Å². The number of allylic oxidation sites excluding steroid dienone is 1. The van der Waals surface area contributed by atoms with E-state index in [0.717, 1.165) is 43.4 Å². The van der Waals surface area contributed by atoms with Crippen molar-refractivity contribution in [3.8, 4) is 11.5 Å². The van der Waals surface area contributed by atoms with E-state index in [4.69, 9.17) is 15.5 Å². The molecule has 0 saturated heterocycles. The zero-order valence-corrected chi connectivity index (χ0v) is 26.8. The van der Waals surface area contributed by atoms with Crippen LogP contribution < -0.4 is 10.5 Å². The number of phenolic OH excluding ortho intramolecular Hbond substituents is 1. The Morgan fingerprint density at radius 3 is 3.00 bits per heavy atom. The molecule has 0 aromatic heterocycles. The van der Waals surface area contributed by atoms with E-state index < -0.39 is 6.10 Å². The van der Waals surface area contributed by atoms with Crippen molar-refractivity contribution >= 4 is 18.2 Å². The van der Waals surface area contributed by atoms with Crippen molar-refractivity contribution in [2.24, 2.45) is 21.6 Å². The van der Waals surface area contributed by atoms with Crippen molar-refractivity contribution in [2.75, 3.05) is 13.3 Å². The summed E-state index contributed by atoms with van der Waals surface area (Å²) < 4.78 is 6.14. The average molecular weight is 623 g/mol. The Kier molecular flexibility index (Phi) is 8.59. The highest BCUT2D eigenvalue weighted by Crippen LogP contribution is 2.61. The second-order valence-electron chi connectivity index (χ2n) is 13.8. The zero-order valence-electron chi connectivity index (χ0n) is 26.8. The predicted molar refractivity (Wildman–Crippen MR) is 180 cm³/mol. The summed E-state index contributed by atoms with van der Waals surface area (Å²) in [5.74, 6) is 1.41. The third kappa shape index (κ3) is 5.60. The van der Waals surface area contributed by atoms with Gasteiger partial charge in [-0.1, -0.05) is 56.9 Å². The number of benzene rings is 2. The van der Waals surface area contributed by atoms with E-state index in [-0.39, 0.29) is 36.3 Å². The van der Waals surface area contributed by atoms with Gasteiger partial charge < -0.3 is 25.6 Å². The van der Waals surface area contributed by atoms with Crippen LogP contribution in [0.1, 0.15) is 105 Å². The number of unbranched alkanes of at least 4 members (excludes halogenated alkanes) is 2. The number of fused-ring (bicyclic) bond motifs is 3. The molecule has 4 N–H and O–H groups in total.